The van der Waals surface area contributed by atoms with Gasteiger partial charge in [0.05, 0.1) is 6.10 Å². The Bertz CT molecular complexity index is 297. The molecule has 0 aliphatic heterocycles. The first-order valence-electron chi connectivity index (χ1n) is 6.26. The highest BCUT2D eigenvalue weighted by Crippen LogP contribution is 2.22. The van der Waals surface area contributed by atoms with Crippen molar-refractivity contribution in [3.05, 3.63) is 29.8 Å². The monoisotopic (exact) mass is 221 g/mol. The van der Waals surface area contributed by atoms with E-state index in [9.17, 15) is 5.11 Å². The zero-order valence-electron chi connectivity index (χ0n) is 10.4. The van der Waals surface area contributed by atoms with Crippen LogP contribution in [0.25, 0.3) is 0 Å². The van der Waals surface area contributed by atoms with E-state index in [0.29, 0.717) is 0 Å². The van der Waals surface area contributed by atoms with Crippen molar-refractivity contribution in [2.24, 2.45) is 0 Å². The molecule has 0 fully saturated rings. The molecule has 2 heteroatoms. The largest absolute Gasteiger partial charge is 0.389 e. The molecule has 1 aromatic rings. The van der Waals surface area contributed by atoms with Crippen molar-refractivity contribution in [2.75, 3.05) is 11.9 Å². The normalized spacial score (nSPS) is 12.4. The minimum atomic E-state index is -0.403. The molecule has 0 saturated heterocycles. The summed E-state index contributed by atoms with van der Waals surface area (Å²) in [4.78, 5) is 0. The Hall–Kier alpha value is -1.02. The highest BCUT2D eigenvalue weighted by atomic mass is 16.3. The molecular weight excluding hydrogens is 198 g/mol. The third-order valence-electron chi connectivity index (χ3n) is 2.76. The van der Waals surface area contributed by atoms with Crippen LogP contribution in [0.15, 0.2) is 24.3 Å². The first-order valence-corrected chi connectivity index (χ1v) is 6.26. The Morgan fingerprint density at radius 2 is 1.94 bits per heavy atom. The Morgan fingerprint density at radius 3 is 2.62 bits per heavy atom. The lowest BCUT2D eigenvalue weighted by atomic mass is 10.1. The molecule has 0 bridgehead atoms. The Balaban J connectivity index is 2.41. The number of rotatable bonds is 7. The van der Waals surface area contributed by atoms with Gasteiger partial charge in [0.15, 0.2) is 0 Å². The van der Waals surface area contributed by atoms with Gasteiger partial charge in [-0.15, -0.1) is 0 Å². The lowest BCUT2D eigenvalue weighted by Gasteiger charge is -2.13. The summed E-state index contributed by atoms with van der Waals surface area (Å²) in [5.41, 5.74) is 2.05. The number of aliphatic hydroxyl groups is 1. The van der Waals surface area contributed by atoms with Crippen LogP contribution in [0.1, 0.15) is 51.2 Å². The molecule has 0 radical (unpaired) electrons. The van der Waals surface area contributed by atoms with E-state index in [1.54, 1.807) is 6.92 Å². The quantitative estimate of drug-likeness (QED) is 0.688. The molecule has 0 aliphatic rings. The van der Waals surface area contributed by atoms with Gasteiger partial charge in [0.25, 0.3) is 0 Å². The minimum absolute atomic E-state index is 0.403. The maximum Gasteiger partial charge on any atom is 0.0781 e. The van der Waals surface area contributed by atoms with Crippen molar-refractivity contribution in [3.8, 4) is 0 Å². The lowest BCUT2D eigenvalue weighted by molar-refractivity contribution is 0.200. The highest BCUT2D eigenvalue weighted by molar-refractivity contribution is 5.51. The molecule has 0 aliphatic carbocycles. The van der Waals surface area contributed by atoms with Gasteiger partial charge in [0.2, 0.25) is 0 Å². The molecule has 0 spiro atoms. The van der Waals surface area contributed by atoms with E-state index in [1.165, 1.54) is 25.7 Å². The van der Waals surface area contributed by atoms with Gasteiger partial charge >= 0.3 is 0 Å². The SMILES string of the molecule is CCCCCCNc1ccccc1C(C)O. The van der Waals surface area contributed by atoms with Gasteiger partial charge < -0.3 is 10.4 Å². The number of hydrogen-bond acceptors (Lipinski definition) is 2. The van der Waals surface area contributed by atoms with E-state index in [4.69, 9.17) is 0 Å². The second-order valence-corrected chi connectivity index (χ2v) is 4.25. The van der Waals surface area contributed by atoms with Crippen LogP contribution in [0.5, 0.6) is 0 Å². The second kappa shape index (κ2) is 7.29. The fourth-order valence-corrected chi connectivity index (χ4v) is 1.80. The van der Waals surface area contributed by atoms with E-state index in [0.717, 1.165) is 17.8 Å². The van der Waals surface area contributed by atoms with E-state index in [-0.39, 0.29) is 0 Å². The van der Waals surface area contributed by atoms with Crippen LogP contribution in [-0.2, 0) is 0 Å². The summed E-state index contributed by atoms with van der Waals surface area (Å²) < 4.78 is 0. The smallest absolute Gasteiger partial charge is 0.0781 e. The summed E-state index contributed by atoms with van der Waals surface area (Å²) in [6, 6.07) is 7.96. The Labute approximate surface area is 98.7 Å². The number of unbranched alkanes of at least 4 members (excludes halogenated alkanes) is 3. The molecule has 2 nitrogen and oxygen atoms in total. The zero-order valence-corrected chi connectivity index (χ0v) is 10.4. The highest BCUT2D eigenvalue weighted by Gasteiger charge is 2.05. The van der Waals surface area contributed by atoms with Crippen molar-refractivity contribution in [1.29, 1.82) is 0 Å². The molecule has 1 rings (SSSR count). The number of nitrogens with one attached hydrogen (secondary N) is 1. The molecule has 0 aromatic heterocycles. The van der Waals surface area contributed by atoms with E-state index >= 15 is 0 Å². The molecule has 2 N–H and O–H groups in total. The van der Waals surface area contributed by atoms with Crippen LogP contribution in [0.4, 0.5) is 5.69 Å². The molecule has 0 heterocycles. The summed E-state index contributed by atoms with van der Waals surface area (Å²) in [7, 11) is 0. The van der Waals surface area contributed by atoms with Crippen LogP contribution in [0.3, 0.4) is 0 Å². The zero-order chi connectivity index (χ0) is 11.8. The minimum Gasteiger partial charge on any atom is -0.389 e. The van der Waals surface area contributed by atoms with Crippen molar-refractivity contribution in [1.82, 2.24) is 0 Å². The Morgan fingerprint density at radius 1 is 1.19 bits per heavy atom. The van der Waals surface area contributed by atoms with Crippen molar-refractivity contribution in [2.45, 2.75) is 45.6 Å². The molecule has 1 unspecified atom stereocenters. The van der Waals surface area contributed by atoms with E-state index in [2.05, 4.69) is 12.2 Å². The van der Waals surface area contributed by atoms with Crippen molar-refractivity contribution < 1.29 is 5.11 Å². The van der Waals surface area contributed by atoms with E-state index < -0.39 is 6.10 Å². The van der Waals surface area contributed by atoms with Gasteiger partial charge in [-0.1, -0.05) is 44.4 Å². The lowest BCUT2D eigenvalue weighted by Crippen LogP contribution is -2.05. The average molecular weight is 221 g/mol. The predicted octanol–water partition coefficient (Wildman–Crippen LogP) is 3.73. The van der Waals surface area contributed by atoms with Gasteiger partial charge in [-0.25, -0.2) is 0 Å². The summed E-state index contributed by atoms with van der Waals surface area (Å²) in [6.45, 7) is 5.01. The fourth-order valence-electron chi connectivity index (χ4n) is 1.80. The number of anilines is 1. The topological polar surface area (TPSA) is 32.3 Å². The van der Waals surface area contributed by atoms with E-state index in [1.807, 2.05) is 24.3 Å². The summed E-state index contributed by atoms with van der Waals surface area (Å²) in [5, 5.41) is 13.0. The maximum atomic E-state index is 9.61. The van der Waals surface area contributed by atoms with Crippen LogP contribution in [-0.4, -0.2) is 11.7 Å². The van der Waals surface area contributed by atoms with Crippen LogP contribution in [0, 0.1) is 0 Å². The van der Waals surface area contributed by atoms with Crippen LogP contribution >= 0.6 is 0 Å². The fraction of sp³-hybridized carbons (Fsp3) is 0.571. The third-order valence-corrected chi connectivity index (χ3v) is 2.76. The predicted molar refractivity (Wildman–Crippen MR) is 69.7 cm³/mol. The number of aliphatic hydroxyl groups excluding tert-OH is 1. The molecule has 0 saturated carbocycles. The third kappa shape index (κ3) is 4.23. The van der Waals surface area contributed by atoms with Crippen LogP contribution in [0.2, 0.25) is 0 Å². The van der Waals surface area contributed by atoms with Gasteiger partial charge in [-0.05, 0) is 19.4 Å². The standard InChI is InChI=1S/C14H23NO/c1-3-4-5-8-11-15-14-10-7-6-9-13(14)12(2)16/h6-7,9-10,12,15-16H,3-5,8,11H2,1-2H3. The first-order chi connectivity index (χ1) is 7.75. The van der Waals surface area contributed by atoms with Crippen LogP contribution < -0.4 is 5.32 Å². The summed E-state index contributed by atoms with van der Waals surface area (Å²) in [5.74, 6) is 0. The first kappa shape index (κ1) is 13.0. The molecule has 90 valence electrons. The van der Waals surface area contributed by atoms with Gasteiger partial charge in [-0.3, -0.25) is 0 Å². The van der Waals surface area contributed by atoms with Gasteiger partial charge in [0, 0.05) is 17.8 Å². The molecule has 1 aromatic carbocycles. The molecule has 0 amide bonds. The Kier molecular flexibility index (Phi) is 5.94. The van der Waals surface area contributed by atoms with Gasteiger partial charge in [0.1, 0.15) is 0 Å². The molecule has 16 heavy (non-hydrogen) atoms. The summed E-state index contributed by atoms with van der Waals surface area (Å²) >= 11 is 0. The van der Waals surface area contributed by atoms with Crippen molar-refractivity contribution in [3.63, 3.8) is 0 Å². The van der Waals surface area contributed by atoms with Crippen molar-refractivity contribution >= 4 is 5.69 Å². The molecular formula is C14H23NO. The maximum absolute atomic E-state index is 9.61. The number of benzene rings is 1. The second-order valence-electron chi connectivity index (χ2n) is 4.25. The average Bonchev–Trinajstić information content (AvgIpc) is 2.29. The van der Waals surface area contributed by atoms with Gasteiger partial charge in [-0.2, -0.15) is 0 Å². The summed E-state index contributed by atoms with van der Waals surface area (Å²) in [6.07, 6.45) is 4.64. The number of para-hydroxylation sites is 1. The number of hydrogen-bond donors (Lipinski definition) is 2. The molecule has 1 atom stereocenters.